The molecule has 1 amide bonds. The summed E-state index contributed by atoms with van der Waals surface area (Å²) in [5.41, 5.74) is 1.96. The number of amides is 1. The lowest BCUT2D eigenvalue weighted by Gasteiger charge is -2.22. The third-order valence-corrected chi connectivity index (χ3v) is 4.45. The predicted octanol–water partition coefficient (Wildman–Crippen LogP) is 4.17. The highest BCUT2D eigenvalue weighted by molar-refractivity contribution is 5.78. The van der Waals surface area contributed by atoms with Gasteiger partial charge in [0.05, 0.1) is 21.3 Å². The Labute approximate surface area is 172 Å². The molecule has 0 bridgehead atoms. The molecule has 156 valence electrons. The van der Waals surface area contributed by atoms with Crippen molar-refractivity contribution in [2.75, 3.05) is 34.5 Å². The molecule has 6 nitrogen and oxygen atoms in total. The average Bonchev–Trinajstić information content (AvgIpc) is 2.76. The van der Waals surface area contributed by atoms with Crippen LogP contribution >= 0.6 is 0 Å². The first-order chi connectivity index (χ1) is 14.1. The molecule has 0 fully saturated rings. The van der Waals surface area contributed by atoms with Gasteiger partial charge in [-0.25, -0.2) is 0 Å². The maximum Gasteiger partial charge on any atom is 0.260 e. The Morgan fingerprint density at radius 1 is 0.931 bits per heavy atom. The highest BCUT2D eigenvalue weighted by Gasteiger charge is 2.16. The molecule has 0 saturated heterocycles. The zero-order valence-corrected chi connectivity index (χ0v) is 17.7. The SMILES string of the molecule is C/C=C/c1ccc(OCC(=O)N(CC)Cc2ccc(OC)c(OC)c2)c(OC)c1. The van der Waals surface area contributed by atoms with Gasteiger partial charge in [-0.05, 0) is 49.2 Å². The summed E-state index contributed by atoms with van der Waals surface area (Å²) in [7, 11) is 4.77. The number of carbonyl (C=O) groups excluding carboxylic acids is 1. The zero-order valence-electron chi connectivity index (χ0n) is 17.7. The van der Waals surface area contributed by atoms with Crippen molar-refractivity contribution in [2.45, 2.75) is 20.4 Å². The van der Waals surface area contributed by atoms with Crippen molar-refractivity contribution in [3.63, 3.8) is 0 Å². The van der Waals surface area contributed by atoms with E-state index in [1.54, 1.807) is 26.2 Å². The molecular weight excluding hydrogens is 370 g/mol. The second-order valence-corrected chi connectivity index (χ2v) is 6.30. The van der Waals surface area contributed by atoms with E-state index in [0.29, 0.717) is 36.1 Å². The van der Waals surface area contributed by atoms with Gasteiger partial charge in [-0.1, -0.05) is 24.3 Å². The molecule has 0 unspecified atom stereocenters. The maximum absolute atomic E-state index is 12.7. The van der Waals surface area contributed by atoms with Gasteiger partial charge in [-0.2, -0.15) is 0 Å². The number of carbonyl (C=O) groups is 1. The van der Waals surface area contributed by atoms with Crippen molar-refractivity contribution in [2.24, 2.45) is 0 Å². The molecule has 0 radical (unpaired) electrons. The van der Waals surface area contributed by atoms with Gasteiger partial charge in [0.15, 0.2) is 29.6 Å². The van der Waals surface area contributed by atoms with Crippen molar-refractivity contribution in [3.05, 3.63) is 53.6 Å². The van der Waals surface area contributed by atoms with Gasteiger partial charge in [-0.3, -0.25) is 4.79 Å². The van der Waals surface area contributed by atoms with Crippen molar-refractivity contribution >= 4 is 12.0 Å². The fraction of sp³-hybridized carbons (Fsp3) is 0.348. The molecular formula is C23H29NO5. The van der Waals surface area contributed by atoms with Crippen molar-refractivity contribution in [1.29, 1.82) is 0 Å². The van der Waals surface area contributed by atoms with E-state index >= 15 is 0 Å². The Bertz CT molecular complexity index is 847. The van der Waals surface area contributed by atoms with Gasteiger partial charge in [0.1, 0.15) is 0 Å². The lowest BCUT2D eigenvalue weighted by Crippen LogP contribution is -2.34. The van der Waals surface area contributed by atoms with E-state index in [1.165, 1.54) is 0 Å². The van der Waals surface area contributed by atoms with E-state index < -0.39 is 0 Å². The topological polar surface area (TPSA) is 57.2 Å². The zero-order chi connectivity index (χ0) is 21.2. The Morgan fingerprint density at radius 3 is 2.21 bits per heavy atom. The molecule has 0 aliphatic heterocycles. The van der Waals surface area contributed by atoms with E-state index in [-0.39, 0.29) is 12.5 Å². The highest BCUT2D eigenvalue weighted by atomic mass is 16.5. The standard InChI is InChI=1S/C23H29NO5/c1-6-8-17-9-12-20(22(13-17)28-5)29-16-23(25)24(7-2)15-18-10-11-19(26-3)21(14-18)27-4/h6,8-14H,7,15-16H2,1-5H3/b8-6+. The summed E-state index contributed by atoms with van der Waals surface area (Å²) in [6.45, 7) is 4.84. The van der Waals surface area contributed by atoms with E-state index in [0.717, 1.165) is 11.1 Å². The summed E-state index contributed by atoms with van der Waals surface area (Å²) in [6.07, 6.45) is 3.92. The van der Waals surface area contributed by atoms with Gasteiger partial charge in [0.25, 0.3) is 5.91 Å². The van der Waals surface area contributed by atoms with E-state index in [1.807, 2.05) is 62.4 Å². The summed E-state index contributed by atoms with van der Waals surface area (Å²) in [5.74, 6) is 2.31. The number of likely N-dealkylation sites (N-methyl/N-ethyl adjacent to an activating group) is 1. The summed E-state index contributed by atoms with van der Waals surface area (Å²) in [4.78, 5) is 14.4. The molecule has 0 aliphatic rings. The molecule has 0 atom stereocenters. The van der Waals surface area contributed by atoms with Gasteiger partial charge in [0, 0.05) is 13.1 Å². The van der Waals surface area contributed by atoms with E-state index in [9.17, 15) is 4.79 Å². The number of rotatable bonds is 10. The average molecular weight is 399 g/mol. The summed E-state index contributed by atoms with van der Waals surface area (Å²) in [6, 6.07) is 11.2. The first kappa shape index (κ1) is 22.1. The van der Waals surface area contributed by atoms with Crippen LogP contribution in [0.25, 0.3) is 6.08 Å². The summed E-state index contributed by atoms with van der Waals surface area (Å²) < 4.78 is 21.7. The molecule has 2 aromatic carbocycles. The molecule has 2 rings (SSSR count). The second-order valence-electron chi connectivity index (χ2n) is 6.30. The lowest BCUT2D eigenvalue weighted by atomic mass is 10.2. The summed E-state index contributed by atoms with van der Waals surface area (Å²) in [5, 5.41) is 0. The van der Waals surface area contributed by atoms with Gasteiger partial charge in [0.2, 0.25) is 0 Å². The number of benzene rings is 2. The molecule has 29 heavy (non-hydrogen) atoms. The minimum atomic E-state index is -0.109. The molecule has 0 spiro atoms. The lowest BCUT2D eigenvalue weighted by molar-refractivity contribution is -0.133. The fourth-order valence-corrected chi connectivity index (χ4v) is 2.91. The van der Waals surface area contributed by atoms with Crippen LogP contribution in [0.1, 0.15) is 25.0 Å². The maximum atomic E-state index is 12.7. The molecule has 0 aliphatic carbocycles. The van der Waals surface area contributed by atoms with Crippen LogP contribution in [0.3, 0.4) is 0 Å². The minimum absolute atomic E-state index is 0.0690. The number of allylic oxidation sites excluding steroid dienone is 1. The molecule has 0 N–H and O–H groups in total. The molecule has 0 heterocycles. The monoisotopic (exact) mass is 399 g/mol. The highest BCUT2D eigenvalue weighted by Crippen LogP contribution is 2.29. The van der Waals surface area contributed by atoms with Crippen LogP contribution in [0, 0.1) is 0 Å². The third-order valence-electron chi connectivity index (χ3n) is 4.45. The van der Waals surface area contributed by atoms with Crippen molar-refractivity contribution < 1.29 is 23.7 Å². The van der Waals surface area contributed by atoms with Gasteiger partial charge in [-0.15, -0.1) is 0 Å². The normalized spacial score (nSPS) is 10.7. The number of methoxy groups -OCH3 is 3. The van der Waals surface area contributed by atoms with Crippen LogP contribution in [0.4, 0.5) is 0 Å². The fourth-order valence-electron chi connectivity index (χ4n) is 2.91. The van der Waals surface area contributed by atoms with Crippen molar-refractivity contribution in [3.8, 4) is 23.0 Å². The number of hydrogen-bond acceptors (Lipinski definition) is 5. The number of ether oxygens (including phenoxy) is 4. The first-order valence-corrected chi connectivity index (χ1v) is 9.48. The Hall–Kier alpha value is -3.15. The van der Waals surface area contributed by atoms with Crippen LogP contribution in [0.5, 0.6) is 23.0 Å². The van der Waals surface area contributed by atoms with Crippen LogP contribution in [0.2, 0.25) is 0 Å². The number of hydrogen-bond donors (Lipinski definition) is 0. The van der Waals surface area contributed by atoms with Crippen LogP contribution in [-0.4, -0.2) is 45.3 Å². The third kappa shape index (κ3) is 5.91. The second kappa shape index (κ2) is 11.0. The van der Waals surface area contributed by atoms with E-state index in [2.05, 4.69) is 0 Å². The molecule has 2 aromatic rings. The van der Waals surface area contributed by atoms with E-state index in [4.69, 9.17) is 18.9 Å². The molecule has 6 heteroatoms. The van der Waals surface area contributed by atoms with Crippen LogP contribution < -0.4 is 18.9 Å². The number of nitrogens with zero attached hydrogens (tertiary/aromatic N) is 1. The van der Waals surface area contributed by atoms with Crippen LogP contribution in [0.15, 0.2) is 42.5 Å². The Morgan fingerprint density at radius 2 is 1.59 bits per heavy atom. The van der Waals surface area contributed by atoms with Crippen LogP contribution in [-0.2, 0) is 11.3 Å². The molecule has 0 saturated carbocycles. The minimum Gasteiger partial charge on any atom is -0.493 e. The van der Waals surface area contributed by atoms with Crippen molar-refractivity contribution in [1.82, 2.24) is 4.90 Å². The molecule has 0 aromatic heterocycles. The van der Waals surface area contributed by atoms with Gasteiger partial charge < -0.3 is 23.8 Å². The Kier molecular flexibility index (Phi) is 8.40. The predicted molar refractivity (Wildman–Crippen MR) is 114 cm³/mol. The first-order valence-electron chi connectivity index (χ1n) is 9.48. The summed E-state index contributed by atoms with van der Waals surface area (Å²) >= 11 is 0. The largest absolute Gasteiger partial charge is 0.493 e. The smallest absolute Gasteiger partial charge is 0.260 e. The van der Waals surface area contributed by atoms with Gasteiger partial charge >= 0.3 is 0 Å². The Balaban J connectivity index is 2.05. The quantitative estimate of drug-likeness (QED) is 0.600.